The average molecular weight is 265 g/mol. The zero-order chi connectivity index (χ0) is 13.0. The van der Waals surface area contributed by atoms with Crippen LogP contribution in [0.4, 0.5) is 0 Å². The van der Waals surface area contributed by atoms with Crippen molar-refractivity contribution in [1.82, 2.24) is 5.32 Å². The fraction of sp³-hybridized carbons (Fsp3) is 0.385. The Hall–Kier alpha value is -1.62. The summed E-state index contributed by atoms with van der Waals surface area (Å²) in [6.07, 6.45) is 6.92. The summed E-state index contributed by atoms with van der Waals surface area (Å²) in [5.74, 6) is -1.11. The van der Waals surface area contributed by atoms with Crippen molar-refractivity contribution < 1.29 is 14.7 Å². The highest BCUT2D eigenvalue weighted by atomic mass is 32.1. The van der Waals surface area contributed by atoms with Gasteiger partial charge in [0.2, 0.25) is 0 Å². The van der Waals surface area contributed by atoms with Gasteiger partial charge in [-0.05, 0) is 35.9 Å². The minimum Gasteiger partial charge on any atom is -0.478 e. The van der Waals surface area contributed by atoms with Gasteiger partial charge in [0.1, 0.15) is 0 Å². The van der Waals surface area contributed by atoms with Crippen molar-refractivity contribution in [3.8, 4) is 0 Å². The second-order valence-electron chi connectivity index (χ2n) is 4.33. The Bertz CT molecular complexity index is 472. The van der Waals surface area contributed by atoms with E-state index in [1.165, 1.54) is 30.3 Å². The monoisotopic (exact) mass is 265 g/mol. The summed E-state index contributed by atoms with van der Waals surface area (Å²) in [5, 5.41) is 13.4. The van der Waals surface area contributed by atoms with E-state index in [-0.39, 0.29) is 11.9 Å². The number of hydrogen-bond acceptors (Lipinski definition) is 3. The van der Waals surface area contributed by atoms with Crippen LogP contribution in [0.15, 0.2) is 17.5 Å². The Kier molecular flexibility index (Phi) is 4.15. The first-order valence-corrected chi connectivity index (χ1v) is 6.84. The maximum absolute atomic E-state index is 12.0. The summed E-state index contributed by atoms with van der Waals surface area (Å²) in [5.41, 5.74) is 0.665. The van der Waals surface area contributed by atoms with Crippen molar-refractivity contribution in [1.29, 1.82) is 0 Å². The molecule has 0 saturated heterocycles. The van der Waals surface area contributed by atoms with Crippen molar-refractivity contribution in [2.75, 3.05) is 0 Å². The van der Waals surface area contributed by atoms with Crippen LogP contribution in [0.2, 0.25) is 0 Å². The second kappa shape index (κ2) is 5.82. The zero-order valence-electron chi connectivity index (χ0n) is 9.89. The van der Waals surface area contributed by atoms with Crippen LogP contribution in [-0.4, -0.2) is 23.0 Å². The van der Waals surface area contributed by atoms with E-state index in [1.807, 2.05) is 0 Å². The smallest absolute Gasteiger partial charge is 0.328 e. The maximum atomic E-state index is 12.0. The predicted molar refractivity (Wildman–Crippen MR) is 70.7 cm³/mol. The Morgan fingerprint density at radius 1 is 1.39 bits per heavy atom. The Morgan fingerprint density at radius 3 is 2.78 bits per heavy atom. The lowest BCUT2D eigenvalue weighted by atomic mass is 10.2. The highest BCUT2D eigenvalue weighted by Crippen LogP contribution is 2.21. The van der Waals surface area contributed by atoms with Gasteiger partial charge in [0, 0.05) is 12.1 Å². The van der Waals surface area contributed by atoms with Crippen molar-refractivity contribution in [3.63, 3.8) is 0 Å². The Labute approximate surface area is 109 Å². The van der Waals surface area contributed by atoms with E-state index in [0.29, 0.717) is 10.4 Å². The molecule has 0 unspecified atom stereocenters. The van der Waals surface area contributed by atoms with Gasteiger partial charge >= 0.3 is 5.97 Å². The number of carboxylic acids is 1. The summed E-state index contributed by atoms with van der Waals surface area (Å²) in [7, 11) is 0. The molecule has 1 aliphatic carbocycles. The maximum Gasteiger partial charge on any atom is 0.328 e. The molecule has 96 valence electrons. The molecule has 1 aliphatic rings. The van der Waals surface area contributed by atoms with E-state index in [1.54, 1.807) is 11.4 Å². The van der Waals surface area contributed by atoms with Gasteiger partial charge in [-0.3, -0.25) is 4.79 Å². The lowest BCUT2D eigenvalue weighted by Gasteiger charge is -2.11. The van der Waals surface area contributed by atoms with Gasteiger partial charge in [-0.2, -0.15) is 0 Å². The van der Waals surface area contributed by atoms with E-state index in [2.05, 4.69) is 5.32 Å². The molecule has 1 fully saturated rings. The molecular weight excluding hydrogens is 250 g/mol. The molecule has 1 amide bonds. The molecule has 1 heterocycles. The van der Waals surface area contributed by atoms with Crippen LogP contribution < -0.4 is 5.32 Å². The van der Waals surface area contributed by atoms with Crippen LogP contribution >= 0.6 is 11.3 Å². The van der Waals surface area contributed by atoms with Gasteiger partial charge in [-0.15, -0.1) is 11.3 Å². The lowest BCUT2D eigenvalue weighted by molar-refractivity contribution is -0.131. The molecule has 1 aromatic rings. The molecular formula is C13H15NO3S. The van der Waals surface area contributed by atoms with Crippen molar-refractivity contribution in [2.45, 2.75) is 31.7 Å². The lowest BCUT2D eigenvalue weighted by Crippen LogP contribution is -2.32. The third kappa shape index (κ3) is 3.20. The largest absolute Gasteiger partial charge is 0.478 e. The molecule has 0 radical (unpaired) electrons. The number of hydrogen-bond donors (Lipinski definition) is 2. The minimum atomic E-state index is -1.01. The molecule has 0 spiro atoms. The summed E-state index contributed by atoms with van der Waals surface area (Å²) in [4.78, 5) is 23.1. The SMILES string of the molecule is O=C(O)C=Cc1ccsc1C(=O)NC1CCCC1. The van der Waals surface area contributed by atoms with E-state index >= 15 is 0 Å². The van der Waals surface area contributed by atoms with E-state index in [0.717, 1.165) is 18.9 Å². The number of carboxylic acid groups (broad SMARTS) is 1. The highest BCUT2D eigenvalue weighted by Gasteiger charge is 2.19. The normalized spacial score (nSPS) is 16.2. The summed E-state index contributed by atoms with van der Waals surface area (Å²) in [6.45, 7) is 0. The zero-order valence-corrected chi connectivity index (χ0v) is 10.7. The number of carbonyl (C=O) groups excluding carboxylic acids is 1. The number of rotatable bonds is 4. The Balaban J connectivity index is 2.05. The van der Waals surface area contributed by atoms with Gasteiger partial charge in [0.25, 0.3) is 5.91 Å². The molecule has 1 saturated carbocycles. The quantitative estimate of drug-likeness (QED) is 0.822. The first kappa shape index (κ1) is 12.8. The number of amides is 1. The fourth-order valence-electron chi connectivity index (χ4n) is 2.12. The molecule has 0 aliphatic heterocycles. The van der Waals surface area contributed by atoms with Crippen molar-refractivity contribution in [3.05, 3.63) is 28.0 Å². The van der Waals surface area contributed by atoms with Gasteiger partial charge in [0.05, 0.1) is 4.88 Å². The molecule has 0 atom stereocenters. The topological polar surface area (TPSA) is 66.4 Å². The minimum absolute atomic E-state index is 0.0954. The number of carbonyl (C=O) groups is 2. The third-order valence-corrected chi connectivity index (χ3v) is 3.93. The van der Waals surface area contributed by atoms with Crippen LogP contribution in [0.25, 0.3) is 6.08 Å². The molecule has 18 heavy (non-hydrogen) atoms. The fourth-order valence-corrected chi connectivity index (χ4v) is 2.91. The van der Waals surface area contributed by atoms with Gasteiger partial charge in [-0.1, -0.05) is 12.8 Å². The van der Waals surface area contributed by atoms with Crippen molar-refractivity contribution >= 4 is 29.3 Å². The summed E-state index contributed by atoms with van der Waals surface area (Å²) in [6, 6.07) is 2.03. The van der Waals surface area contributed by atoms with E-state index < -0.39 is 5.97 Å². The molecule has 2 N–H and O–H groups in total. The van der Waals surface area contributed by atoms with Crippen LogP contribution in [0.3, 0.4) is 0 Å². The summed E-state index contributed by atoms with van der Waals surface area (Å²) < 4.78 is 0. The number of thiophene rings is 1. The van der Waals surface area contributed by atoms with E-state index in [4.69, 9.17) is 5.11 Å². The van der Waals surface area contributed by atoms with Crippen LogP contribution in [0, 0.1) is 0 Å². The number of nitrogens with one attached hydrogen (secondary N) is 1. The second-order valence-corrected chi connectivity index (χ2v) is 5.25. The number of aliphatic carboxylic acids is 1. The first-order valence-electron chi connectivity index (χ1n) is 5.96. The Morgan fingerprint density at radius 2 is 2.11 bits per heavy atom. The molecule has 4 nitrogen and oxygen atoms in total. The third-order valence-electron chi connectivity index (χ3n) is 3.00. The molecule has 0 aromatic carbocycles. The standard InChI is InChI=1S/C13H15NO3S/c15-11(16)6-5-9-7-8-18-12(9)13(17)14-10-3-1-2-4-10/h5-8,10H,1-4H2,(H,14,17)(H,15,16). The molecule has 0 bridgehead atoms. The molecule has 2 rings (SSSR count). The van der Waals surface area contributed by atoms with Crippen molar-refractivity contribution in [2.24, 2.45) is 0 Å². The van der Waals surface area contributed by atoms with Gasteiger partial charge < -0.3 is 10.4 Å². The van der Waals surface area contributed by atoms with Crippen LogP contribution in [0.1, 0.15) is 40.9 Å². The first-order chi connectivity index (χ1) is 8.66. The van der Waals surface area contributed by atoms with Gasteiger partial charge in [0.15, 0.2) is 0 Å². The summed E-state index contributed by atoms with van der Waals surface area (Å²) >= 11 is 1.34. The predicted octanol–water partition coefficient (Wildman–Crippen LogP) is 2.52. The van der Waals surface area contributed by atoms with Crippen LogP contribution in [-0.2, 0) is 4.79 Å². The van der Waals surface area contributed by atoms with Gasteiger partial charge in [-0.25, -0.2) is 4.79 Å². The molecule has 5 heteroatoms. The average Bonchev–Trinajstić information content (AvgIpc) is 2.96. The molecule has 1 aromatic heterocycles. The van der Waals surface area contributed by atoms with E-state index in [9.17, 15) is 9.59 Å². The van der Waals surface area contributed by atoms with Crippen LogP contribution in [0.5, 0.6) is 0 Å². The highest BCUT2D eigenvalue weighted by molar-refractivity contribution is 7.12.